The van der Waals surface area contributed by atoms with Gasteiger partial charge in [-0.2, -0.15) is 0 Å². The van der Waals surface area contributed by atoms with Gasteiger partial charge in [-0.15, -0.1) is 13.2 Å². The van der Waals surface area contributed by atoms with Crippen molar-refractivity contribution in [2.24, 2.45) is 0 Å². The number of hydrogen-bond acceptors (Lipinski definition) is 3. The second-order valence-electron chi connectivity index (χ2n) is 3.01. The smallest absolute Gasteiger partial charge is 0.486 e. The van der Waals surface area contributed by atoms with Gasteiger partial charge in [-0.1, -0.05) is 0 Å². The number of hydrogen-bond donors (Lipinski definition) is 0. The Morgan fingerprint density at radius 1 is 1.19 bits per heavy atom. The van der Waals surface area contributed by atoms with Crippen LogP contribution in [-0.4, -0.2) is 18.8 Å². The zero-order chi connectivity index (χ0) is 12.2. The molecule has 0 aliphatic rings. The summed E-state index contributed by atoms with van der Waals surface area (Å²) in [6, 6.07) is 4.82. The average Bonchev–Trinajstić information content (AvgIpc) is 2.14. The first-order valence-corrected chi connectivity index (χ1v) is 4.35. The van der Waals surface area contributed by atoms with Crippen LogP contribution in [0.5, 0.6) is 11.5 Å². The van der Waals surface area contributed by atoms with Crippen LogP contribution in [0.3, 0.4) is 0 Å². The van der Waals surface area contributed by atoms with Crippen LogP contribution in [0.15, 0.2) is 24.3 Å². The Bertz CT molecular complexity index is 357. The minimum absolute atomic E-state index is 0.112. The minimum atomic E-state index is -4.71. The van der Waals surface area contributed by atoms with Crippen molar-refractivity contribution in [1.29, 1.82) is 0 Å². The van der Waals surface area contributed by atoms with E-state index in [-0.39, 0.29) is 18.1 Å². The SMILES string of the molecule is CC(=O)COc1ccc(OC(F)(F)F)cc1. The summed E-state index contributed by atoms with van der Waals surface area (Å²) in [5.74, 6) is -0.192. The van der Waals surface area contributed by atoms with Gasteiger partial charge in [0, 0.05) is 0 Å². The lowest BCUT2D eigenvalue weighted by Crippen LogP contribution is -2.17. The normalized spacial score (nSPS) is 11.0. The molecule has 6 heteroatoms. The van der Waals surface area contributed by atoms with E-state index in [4.69, 9.17) is 4.74 Å². The maximum atomic E-state index is 11.8. The first-order chi connectivity index (χ1) is 7.37. The predicted molar refractivity (Wildman–Crippen MR) is 49.3 cm³/mol. The number of ether oxygens (including phenoxy) is 2. The predicted octanol–water partition coefficient (Wildman–Crippen LogP) is 2.55. The number of rotatable bonds is 4. The summed E-state index contributed by atoms with van der Waals surface area (Å²) in [4.78, 5) is 10.6. The van der Waals surface area contributed by atoms with Gasteiger partial charge in [-0.05, 0) is 31.2 Å². The monoisotopic (exact) mass is 234 g/mol. The lowest BCUT2D eigenvalue weighted by molar-refractivity contribution is -0.274. The van der Waals surface area contributed by atoms with Crippen LogP contribution in [-0.2, 0) is 4.79 Å². The van der Waals surface area contributed by atoms with E-state index in [1.165, 1.54) is 19.1 Å². The summed E-state index contributed by atoms with van der Waals surface area (Å²) < 4.78 is 44.0. The van der Waals surface area contributed by atoms with Gasteiger partial charge in [-0.25, -0.2) is 0 Å². The summed E-state index contributed by atoms with van der Waals surface area (Å²) in [5.41, 5.74) is 0. The molecule has 0 aliphatic carbocycles. The van der Waals surface area contributed by atoms with Crippen LogP contribution in [0.1, 0.15) is 6.92 Å². The first-order valence-electron chi connectivity index (χ1n) is 4.35. The fraction of sp³-hybridized carbons (Fsp3) is 0.300. The van der Waals surface area contributed by atoms with Crippen molar-refractivity contribution >= 4 is 5.78 Å². The second-order valence-corrected chi connectivity index (χ2v) is 3.01. The largest absolute Gasteiger partial charge is 0.573 e. The Labute approximate surface area is 89.8 Å². The number of benzene rings is 1. The van der Waals surface area contributed by atoms with E-state index in [1.54, 1.807) is 0 Å². The molecule has 0 bridgehead atoms. The van der Waals surface area contributed by atoms with Crippen LogP contribution >= 0.6 is 0 Å². The van der Waals surface area contributed by atoms with Crippen molar-refractivity contribution < 1.29 is 27.4 Å². The number of Topliss-reactive ketones (excluding diaryl/α,β-unsaturated/α-hetero) is 1. The molecular weight excluding hydrogens is 225 g/mol. The molecule has 0 unspecified atom stereocenters. The van der Waals surface area contributed by atoms with Gasteiger partial charge in [0.25, 0.3) is 0 Å². The Kier molecular flexibility index (Phi) is 3.76. The Balaban J connectivity index is 2.57. The van der Waals surface area contributed by atoms with Crippen molar-refractivity contribution in [3.8, 4) is 11.5 Å². The number of alkyl halides is 3. The number of carbonyl (C=O) groups is 1. The standard InChI is InChI=1S/C10H9F3O3/c1-7(14)6-15-8-2-4-9(5-3-8)16-10(11,12)13/h2-5H,6H2,1H3. The zero-order valence-electron chi connectivity index (χ0n) is 8.38. The molecule has 0 N–H and O–H groups in total. The summed E-state index contributed by atoms with van der Waals surface area (Å²) >= 11 is 0. The summed E-state index contributed by atoms with van der Waals surface area (Å²) in [5, 5.41) is 0. The van der Waals surface area contributed by atoms with E-state index >= 15 is 0 Å². The lowest BCUT2D eigenvalue weighted by atomic mass is 10.3. The van der Waals surface area contributed by atoms with Gasteiger partial charge in [0.15, 0.2) is 5.78 Å². The van der Waals surface area contributed by atoms with Crippen molar-refractivity contribution in [2.75, 3.05) is 6.61 Å². The highest BCUT2D eigenvalue weighted by atomic mass is 19.4. The molecule has 0 heterocycles. The van der Waals surface area contributed by atoms with Gasteiger partial charge >= 0.3 is 6.36 Å². The molecule has 0 fully saturated rings. The Morgan fingerprint density at radius 3 is 2.12 bits per heavy atom. The summed E-state index contributed by atoms with van der Waals surface area (Å²) in [6.07, 6.45) is -4.71. The highest BCUT2D eigenvalue weighted by Crippen LogP contribution is 2.24. The minimum Gasteiger partial charge on any atom is -0.486 e. The number of ketones is 1. The van der Waals surface area contributed by atoms with Crippen molar-refractivity contribution in [3.05, 3.63) is 24.3 Å². The molecule has 1 aromatic carbocycles. The fourth-order valence-electron chi connectivity index (χ4n) is 0.923. The highest BCUT2D eigenvalue weighted by Gasteiger charge is 2.30. The Morgan fingerprint density at radius 2 is 1.69 bits per heavy atom. The zero-order valence-corrected chi connectivity index (χ0v) is 8.38. The third-order valence-corrected chi connectivity index (χ3v) is 1.50. The third kappa shape index (κ3) is 4.68. The van der Waals surface area contributed by atoms with E-state index in [0.29, 0.717) is 5.75 Å². The third-order valence-electron chi connectivity index (χ3n) is 1.50. The summed E-state index contributed by atoms with van der Waals surface area (Å²) in [6.45, 7) is 1.24. The molecule has 0 aromatic heterocycles. The van der Waals surface area contributed by atoms with Crippen molar-refractivity contribution in [2.45, 2.75) is 13.3 Å². The molecule has 88 valence electrons. The summed E-state index contributed by atoms with van der Waals surface area (Å²) in [7, 11) is 0. The highest BCUT2D eigenvalue weighted by molar-refractivity contribution is 5.77. The van der Waals surface area contributed by atoms with Crippen LogP contribution in [0.2, 0.25) is 0 Å². The maximum Gasteiger partial charge on any atom is 0.573 e. The van der Waals surface area contributed by atoms with Gasteiger partial charge in [0.1, 0.15) is 18.1 Å². The number of carbonyl (C=O) groups excluding carboxylic acids is 1. The van der Waals surface area contributed by atoms with Gasteiger partial charge in [0.2, 0.25) is 0 Å². The molecule has 0 saturated heterocycles. The molecule has 16 heavy (non-hydrogen) atoms. The molecule has 0 spiro atoms. The van der Waals surface area contributed by atoms with E-state index in [9.17, 15) is 18.0 Å². The van der Waals surface area contributed by atoms with Gasteiger partial charge in [-0.3, -0.25) is 4.79 Å². The molecular formula is C10H9F3O3. The molecule has 1 aromatic rings. The topological polar surface area (TPSA) is 35.5 Å². The number of halogens is 3. The van der Waals surface area contributed by atoms with Crippen molar-refractivity contribution in [3.63, 3.8) is 0 Å². The Hall–Kier alpha value is -1.72. The van der Waals surface area contributed by atoms with Crippen LogP contribution in [0.25, 0.3) is 0 Å². The molecule has 3 nitrogen and oxygen atoms in total. The van der Waals surface area contributed by atoms with Crippen LogP contribution in [0.4, 0.5) is 13.2 Å². The lowest BCUT2D eigenvalue weighted by Gasteiger charge is -2.09. The second kappa shape index (κ2) is 4.87. The van der Waals surface area contributed by atoms with E-state index < -0.39 is 6.36 Å². The van der Waals surface area contributed by atoms with Crippen LogP contribution in [0, 0.1) is 0 Å². The van der Waals surface area contributed by atoms with Crippen LogP contribution < -0.4 is 9.47 Å². The van der Waals surface area contributed by atoms with Gasteiger partial charge < -0.3 is 9.47 Å². The van der Waals surface area contributed by atoms with E-state index in [2.05, 4.69) is 4.74 Å². The maximum absolute atomic E-state index is 11.8. The molecule has 0 saturated carbocycles. The van der Waals surface area contributed by atoms with Crippen molar-refractivity contribution in [1.82, 2.24) is 0 Å². The fourth-order valence-corrected chi connectivity index (χ4v) is 0.923. The molecule has 0 radical (unpaired) electrons. The molecule has 0 aliphatic heterocycles. The van der Waals surface area contributed by atoms with E-state index in [0.717, 1.165) is 12.1 Å². The average molecular weight is 234 g/mol. The van der Waals surface area contributed by atoms with E-state index in [1.807, 2.05) is 0 Å². The molecule has 0 atom stereocenters. The molecule has 0 amide bonds. The quantitative estimate of drug-likeness (QED) is 0.803. The van der Waals surface area contributed by atoms with Gasteiger partial charge in [0.05, 0.1) is 0 Å². The first kappa shape index (κ1) is 12.4. The molecule has 1 rings (SSSR count).